The van der Waals surface area contributed by atoms with E-state index in [9.17, 15) is 9.59 Å². The van der Waals surface area contributed by atoms with Crippen LogP contribution in [-0.4, -0.2) is 27.1 Å². The highest BCUT2D eigenvalue weighted by atomic mass is 35.5. The molecule has 0 aliphatic rings. The second-order valence-corrected chi connectivity index (χ2v) is 4.08. The highest BCUT2D eigenvalue weighted by Gasteiger charge is 2.14. The second kappa shape index (κ2) is 5.98. The summed E-state index contributed by atoms with van der Waals surface area (Å²) < 4.78 is 0. The molecule has 0 unspecified atom stereocenters. The SMILES string of the molecule is O=C(Nc1cccc(Cl)c1)Nc1nccnc1C(=O)O. The number of hydrogen-bond acceptors (Lipinski definition) is 4. The van der Waals surface area contributed by atoms with Gasteiger partial charge in [0.1, 0.15) is 0 Å². The molecule has 0 saturated heterocycles. The summed E-state index contributed by atoms with van der Waals surface area (Å²) in [5.74, 6) is -1.42. The monoisotopic (exact) mass is 292 g/mol. The van der Waals surface area contributed by atoms with Crippen molar-refractivity contribution in [3.05, 3.63) is 47.4 Å². The summed E-state index contributed by atoms with van der Waals surface area (Å²) in [6, 6.07) is 5.88. The van der Waals surface area contributed by atoms with Crippen molar-refractivity contribution in [1.82, 2.24) is 9.97 Å². The summed E-state index contributed by atoms with van der Waals surface area (Å²) in [5.41, 5.74) is 0.129. The van der Waals surface area contributed by atoms with Crippen LogP contribution < -0.4 is 10.6 Å². The number of carbonyl (C=O) groups excluding carboxylic acids is 1. The molecule has 1 aromatic heterocycles. The maximum Gasteiger partial charge on any atom is 0.358 e. The zero-order valence-electron chi connectivity index (χ0n) is 10.0. The number of carbonyl (C=O) groups is 2. The Balaban J connectivity index is 2.11. The third kappa shape index (κ3) is 3.42. The van der Waals surface area contributed by atoms with E-state index < -0.39 is 12.0 Å². The molecule has 20 heavy (non-hydrogen) atoms. The van der Waals surface area contributed by atoms with E-state index in [-0.39, 0.29) is 11.5 Å². The van der Waals surface area contributed by atoms with Gasteiger partial charge in [0.15, 0.2) is 11.5 Å². The number of aromatic carboxylic acids is 1. The Labute approximate surface area is 118 Å². The number of benzene rings is 1. The molecule has 0 bridgehead atoms. The van der Waals surface area contributed by atoms with Crippen LogP contribution in [-0.2, 0) is 0 Å². The van der Waals surface area contributed by atoms with Gasteiger partial charge in [-0.1, -0.05) is 17.7 Å². The van der Waals surface area contributed by atoms with Crippen molar-refractivity contribution >= 4 is 35.1 Å². The van der Waals surface area contributed by atoms with Gasteiger partial charge in [0.05, 0.1) is 0 Å². The lowest BCUT2D eigenvalue weighted by atomic mass is 10.3. The molecule has 0 aliphatic carbocycles. The first-order valence-electron chi connectivity index (χ1n) is 5.44. The molecule has 0 radical (unpaired) electrons. The van der Waals surface area contributed by atoms with E-state index in [1.165, 1.54) is 12.4 Å². The molecule has 0 atom stereocenters. The zero-order chi connectivity index (χ0) is 14.5. The number of rotatable bonds is 3. The molecule has 0 spiro atoms. The van der Waals surface area contributed by atoms with Crippen LogP contribution in [0.25, 0.3) is 0 Å². The quantitative estimate of drug-likeness (QED) is 0.806. The van der Waals surface area contributed by atoms with E-state index in [4.69, 9.17) is 16.7 Å². The largest absolute Gasteiger partial charge is 0.476 e. The number of nitrogens with zero attached hydrogens (tertiary/aromatic N) is 2. The number of nitrogens with one attached hydrogen (secondary N) is 2. The van der Waals surface area contributed by atoms with E-state index in [2.05, 4.69) is 20.6 Å². The minimum absolute atomic E-state index is 0.139. The van der Waals surface area contributed by atoms with E-state index in [1.54, 1.807) is 24.3 Å². The molecule has 0 fully saturated rings. The number of urea groups is 1. The van der Waals surface area contributed by atoms with Crippen LogP contribution in [0.4, 0.5) is 16.3 Å². The predicted octanol–water partition coefficient (Wildman–Crippen LogP) is 2.47. The van der Waals surface area contributed by atoms with Crippen molar-refractivity contribution in [3.63, 3.8) is 0 Å². The van der Waals surface area contributed by atoms with Crippen LogP contribution in [0.1, 0.15) is 10.5 Å². The topological polar surface area (TPSA) is 104 Å². The molecule has 1 aromatic carbocycles. The summed E-state index contributed by atoms with van der Waals surface area (Å²) in [4.78, 5) is 30.0. The third-order valence-electron chi connectivity index (χ3n) is 2.22. The van der Waals surface area contributed by atoms with Gasteiger partial charge in [0.2, 0.25) is 0 Å². The highest BCUT2D eigenvalue weighted by Crippen LogP contribution is 2.15. The molecular formula is C12H9ClN4O3. The minimum atomic E-state index is -1.28. The Morgan fingerprint density at radius 1 is 1.15 bits per heavy atom. The van der Waals surface area contributed by atoms with Crippen LogP contribution in [0.15, 0.2) is 36.7 Å². The first-order valence-corrected chi connectivity index (χ1v) is 5.82. The Hall–Kier alpha value is -2.67. The molecule has 3 N–H and O–H groups in total. The Morgan fingerprint density at radius 2 is 1.90 bits per heavy atom. The summed E-state index contributed by atoms with van der Waals surface area (Å²) in [6.07, 6.45) is 2.50. The summed E-state index contributed by atoms with van der Waals surface area (Å²) in [5, 5.41) is 14.2. The summed E-state index contributed by atoms with van der Waals surface area (Å²) in [7, 11) is 0. The van der Waals surface area contributed by atoms with Gasteiger partial charge in [-0.3, -0.25) is 5.32 Å². The molecule has 0 aliphatic heterocycles. The van der Waals surface area contributed by atoms with Gasteiger partial charge in [-0.15, -0.1) is 0 Å². The number of halogens is 1. The number of carboxylic acids is 1. The van der Waals surface area contributed by atoms with Crippen LogP contribution in [0.3, 0.4) is 0 Å². The molecule has 102 valence electrons. The van der Waals surface area contributed by atoms with E-state index in [1.807, 2.05) is 0 Å². The van der Waals surface area contributed by atoms with E-state index >= 15 is 0 Å². The number of amides is 2. The van der Waals surface area contributed by atoms with Crippen LogP contribution in [0, 0.1) is 0 Å². The average Bonchev–Trinajstić information content (AvgIpc) is 2.38. The maximum absolute atomic E-state index is 11.7. The molecular weight excluding hydrogens is 284 g/mol. The number of hydrogen-bond donors (Lipinski definition) is 3. The van der Waals surface area contributed by atoms with Gasteiger partial charge >= 0.3 is 12.0 Å². The molecule has 2 amide bonds. The minimum Gasteiger partial charge on any atom is -0.476 e. The van der Waals surface area contributed by atoms with Crippen LogP contribution in [0.5, 0.6) is 0 Å². The van der Waals surface area contributed by atoms with Crippen molar-refractivity contribution in [2.75, 3.05) is 10.6 Å². The highest BCUT2D eigenvalue weighted by molar-refractivity contribution is 6.30. The fourth-order valence-electron chi connectivity index (χ4n) is 1.42. The second-order valence-electron chi connectivity index (χ2n) is 3.65. The normalized spacial score (nSPS) is 9.85. The summed E-state index contributed by atoms with van der Waals surface area (Å²) in [6.45, 7) is 0. The Morgan fingerprint density at radius 3 is 2.60 bits per heavy atom. The summed E-state index contributed by atoms with van der Waals surface area (Å²) >= 11 is 5.78. The third-order valence-corrected chi connectivity index (χ3v) is 2.45. The van der Waals surface area contributed by atoms with Crippen molar-refractivity contribution < 1.29 is 14.7 Å². The fourth-order valence-corrected chi connectivity index (χ4v) is 1.61. The molecule has 2 rings (SSSR count). The lowest BCUT2D eigenvalue weighted by Crippen LogP contribution is -2.22. The number of anilines is 2. The molecule has 7 nitrogen and oxygen atoms in total. The maximum atomic E-state index is 11.7. The first-order chi connectivity index (χ1) is 9.56. The van der Waals surface area contributed by atoms with Crippen molar-refractivity contribution in [3.8, 4) is 0 Å². The van der Waals surface area contributed by atoms with Crippen molar-refractivity contribution in [2.24, 2.45) is 0 Å². The van der Waals surface area contributed by atoms with E-state index in [0.29, 0.717) is 10.7 Å². The predicted molar refractivity (Wildman–Crippen MR) is 73.1 cm³/mol. The Bertz CT molecular complexity index is 663. The number of carboxylic acid groups (broad SMARTS) is 1. The lowest BCUT2D eigenvalue weighted by Gasteiger charge is -2.08. The molecule has 0 saturated carbocycles. The Kier molecular flexibility index (Phi) is 4.11. The van der Waals surface area contributed by atoms with Gasteiger partial charge in [-0.05, 0) is 18.2 Å². The van der Waals surface area contributed by atoms with Gasteiger partial charge in [-0.2, -0.15) is 0 Å². The number of aromatic nitrogens is 2. The molecule has 2 aromatic rings. The molecule has 8 heteroatoms. The standard InChI is InChI=1S/C12H9ClN4O3/c13-7-2-1-3-8(6-7)16-12(20)17-10-9(11(18)19)14-4-5-15-10/h1-6H,(H,18,19)(H2,15,16,17,20). The van der Waals surface area contributed by atoms with Crippen LogP contribution >= 0.6 is 11.6 Å². The zero-order valence-corrected chi connectivity index (χ0v) is 10.8. The first kappa shape index (κ1) is 13.8. The van der Waals surface area contributed by atoms with Crippen molar-refractivity contribution in [1.29, 1.82) is 0 Å². The van der Waals surface area contributed by atoms with Crippen LogP contribution in [0.2, 0.25) is 5.02 Å². The van der Waals surface area contributed by atoms with Gasteiger partial charge < -0.3 is 10.4 Å². The molecule has 1 heterocycles. The van der Waals surface area contributed by atoms with Gasteiger partial charge in [0.25, 0.3) is 0 Å². The average molecular weight is 293 g/mol. The lowest BCUT2D eigenvalue weighted by molar-refractivity contribution is 0.0691. The van der Waals surface area contributed by atoms with Crippen molar-refractivity contribution in [2.45, 2.75) is 0 Å². The fraction of sp³-hybridized carbons (Fsp3) is 0. The van der Waals surface area contributed by atoms with E-state index in [0.717, 1.165) is 0 Å². The van der Waals surface area contributed by atoms with Gasteiger partial charge in [-0.25, -0.2) is 19.6 Å². The van der Waals surface area contributed by atoms with Gasteiger partial charge in [0, 0.05) is 23.1 Å². The smallest absolute Gasteiger partial charge is 0.358 e.